The molecule has 178 valence electrons. The van der Waals surface area contributed by atoms with Crippen molar-refractivity contribution in [2.75, 3.05) is 24.6 Å². The molecule has 2 aliphatic heterocycles. The van der Waals surface area contributed by atoms with Crippen molar-refractivity contribution in [2.24, 2.45) is 0 Å². The Labute approximate surface area is 205 Å². The van der Waals surface area contributed by atoms with E-state index in [9.17, 15) is 14.0 Å². The third-order valence-corrected chi connectivity index (χ3v) is 5.83. The number of carbonyl (C=O) groups is 2. The summed E-state index contributed by atoms with van der Waals surface area (Å²) in [7, 11) is 0. The van der Waals surface area contributed by atoms with Gasteiger partial charge in [0.25, 0.3) is 5.91 Å². The number of benzene rings is 3. The first-order valence-corrected chi connectivity index (χ1v) is 11.3. The minimum absolute atomic E-state index is 0.0241. The Hall–Kier alpha value is -4.04. The molecule has 2 amide bonds. The van der Waals surface area contributed by atoms with Crippen molar-refractivity contribution in [2.45, 2.75) is 6.10 Å². The zero-order valence-electron chi connectivity index (χ0n) is 18.4. The summed E-state index contributed by atoms with van der Waals surface area (Å²) in [5, 5.41) is 2.92. The minimum Gasteiger partial charge on any atom is -0.486 e. The number of ether oxygens (including phenoxy) is 3. The number of hydrogen-bond acceptors (Lipinski definition) is 5. The molecular formula is C26H20ClFN2O5. The van der Waals surface area contributed by atoms with Crippen LogP contribution in [-0.4, -0.2) is 37.6 Å². The van der Waals surface area contributed by atoms with Gasteiger partial charge in [-0.05, 0) is 42.5 Å². The average Bonchev–Trinajstić information content (AvgIpc) is 2.87. The molecule has 0 spiro atoms. The van der Waals surface area contributed by atoms with Crippen LogP contribution in [0.3, 0.4) is 0 Å². The molecule has 0 fully saturated rings. The maximum Gasteiger partial charge on any atom is 0.294 e. The second kappa shape index (κ2) is 9.68. The summed E-state index contributed by atoms with van der Waals surface area (Å²) in [6.45, 7) is 0.208. The minimum atomic E-state index is -0.596. The van der Waals surface area contributed by atoms with Crippen LogP contribution in [-0.2, 0) is 9.59 Å². The lowest BCUT2D eigenvalue weighted by Gasteiger charge is -2.30. The predicted molar refractivity (Wildman–Crippen MR) is 128 cm³/mol. The molecule has 3 aromatic carbocycles. The van der Waals surface area contributed by atoms with E-state index in [1.54, 1.807) is 30.3 Å². The number of carbonyl (C=O) groups excluding carboxylic acids is 2. The number of anilines is 1. The van der Waals surface area contributed by atoms with E-state index in [0.717, 1.165) is 0 Å². The van der Waals surface area contributed by atoms with Crippen LogP contribution in [0.5, 0.6) is 17.2 Å². The molecule has 0 radical (unpaired) electrons. The van der Waals surface area contributed by atoms with E-state index in [4.69, 9.17) is 25.8 Å². The third kappa shape index (κ3) is 4.79. The molecule has 0 aromatic heterocycles. The number of amides is 2. The Kier molecular flexibility index (Phi) is 6.29. The molecule has 2 aliphatic rings. The monoisotopic (exact) mass is 494 g/mol. The predicted octanol–water partition coefficient (Wildman–Crippen LogP) is 4.20. The Morgan fingerprint density at radius 2 is 1.80 bits per heavy atom. The summed E-state index contributed by atoms with van der Waals surface area (Å²) >= 11 is 6.11. The molecule has 1 atom stereocenters. The maximum absolute atomic E-state index is 14.3. The van der Waals surface area contributed by atoms with Crippen LogP contribution >= 0.6 is 11.6 Å². The molecule has 35 heavy (non-hydrogen) atoms. The van der Waals surface area contributed by atoms with Gasteiger partial charge >= 0.3 is 0 Å². The maximum atomic E-state index is 14.3. The summed E-state index contributed by atoms with van der Waals surface area (Å²) in [4.78, 5) is 27.3. The summed E-state index contributed by atoms with van der Waals surface area (Å²) in [5.74, 6) is -0.119. The fourth-order valence-electron chi connectivity index (χ4n) is 3.79. The fourth-order valence-corrected chi connectivity index (χ4v) is 4.01. The molecule has 0 aliphatic carbocycles. The van der Waals surface area contributed by atoms with Crippen LogP contribution in [0.25, 0.3) is 6.08 Å². The van der Waals surface area contributed by atoms with Gasteiger partial charge in [-0.15, -0.1) is 0 Å². The number of hydrogen-bond donors (Lipinski definition) is 1. The van der Waals surface area contributed by atoms with Crippen molar-refractivity contribution >= 4 is 35.2 Å². The third-order valence-electron chi connectivity index (χ3n) is 5.50. The summed E-state index contributed by atoms with van der Waals surface area (Å²) < 4.78 is 31.6. The zero-order chi connectivity index (χ0) is 24.4. The molecule has 0 saturated heterocycles. The number of rotatable bonds is 5. The molecule has 0 bridgehead atoms. The highest BCUT2D eigenvalue weighted by molar-refractivity contribution is 6.32. The van der Waals surface area contributed by atoms with Crippen LogP contribution in [0.15, 0.2) is 72.5 Å². The Balaban J connectivity index is 1.31. The quantitative estimate of drug-likeness (QED) is 0.538. The van der Waals surface area contributed by atoms with E-state index in [1.165, 1.54) is 29.2 Å². The molecule has 1 N–H and O–H groups in total. The van der Waals surface area contributed by atoms with Crippen molar-refractivity contribution in [3.63, 3.8) is 0 Å². The Bertz CT molecular complexity index is 1310. The van der Waals surface area contributed by atoms with Crippen LogP contribution < -0.4 is 24.4 Å². The lowest BCUT2D eigenvalue weighted by molar-refractivity contribution is -0.123. The first-order chi connectivity index (χ1) is 17.0. The number of nitrogens with one attached hydrogen (secondary N) is 1. The Morgan fingerprint density at radius 3 is 2.60 bits per heavy atom. The van der Waals surface area contributed by atoms with Gasteiger partial charge in [0.05, 0.1) is 17.3 Å². The number of nitrogens with zero attached hydrogens (tertiary/aromatic N) is 1. The van der Waals surface area contributed by atoms with Gasteiger partial charge in [-0.1, -0.05) is 41.9 Å². The fraction of sp³-hybridized carbons (Fsp3) is 0.154. The first-order valence-electron chi connectivity index (χ1n) is 10.9. The van der Waals surface area contributed by atoms with Crippen LogP contribution in [0.4, 0.5) is 10.1 Å². The Morgan fingerprint density at radius 1 is 1.06 bits per heavy atom. The second-order valence-corrected chi connectivity index (χ2v) is 8.31. The summed E-state index contributed by atoms with van der Waals surface area (Å²) in [6.07, 6.45) is 0.867. The van der Waals surface area contributed by atoms with Gasteiger partial charge in [-0.3, -0.25) is 14.5 Å². The van der Waals surface area contributed by atoms with E-state index in [-0.39, 0.29) is 42.1 Å². The highest BCUT2D eigenvalue weighted by Crippen LogP contribution is 2.36. The number of fused-ring (bicyclic) bond motifs is 2. The molecule has 9 heteroatoms. The molecule has 1 unspecified atom stereocenters. The van der Waals surface area contributed by atoms with Crippen molar-refractivity contribution < 1.29 is 28.2 Å². The normalized spacial score (nSPS) is 17.5. The molecule has 0 saturated carbocycles. The van der Waals surface area contributed by atoms with Gasteiger partial charge < -0.3 is 19.5 Å². The SMILES string of the molecule is O=C(CN1C(=O)C(=Cc2c(F)cccc2Cl)Oc2ccccc21)NCC1COc2ccccc2O1. The van der Waals surface area contributed by atoms with Gasteiger partial charge in [0, 0.05) is 5.56 Å². The number of halogens is 2. The lowest BCUT2D eigenvalue weighted by atomic mass is 10.1. The average molecular weight is 495 g/mol. The van der Waals surface area contributed by atoms with Gasteiger partial charge in [0.2, 0.25) is 5.91 Å². The lowest BCUT2D eigenvalue weighted by Crippen LogP contribution is -2.47. The van der Waals surface area contributed by atoms with Gasteiger partial charge in [0.1, 0.15) is 25.1 Å². The van der Waals surface area contributed by atoms with Crippen LogP contribution in [0.1, 0.15) is 5.56 Å². The molecule has 3 aromatic rings. The topological polar surface area (TPSA) is 77.1 Å². The highest BCUT2D eigenvalue weighted by atomic mass is 35.5. The summed E-state index contributed by atoms with van der Waals surface area (Å²) in [6, 6.07) is 18.3. The van der Waals surface area contributed by atoms with Crippen molar-refractivity contribution in [1.29, 1.82) is 0 Å². The van der Waals surface area contributed by atoms with E-state index in [1.807, 2.05) is 18.2 Å². The van der Waals surface area contributed by atoms with E-state index < -0.39 is 17.6 Å². The molecule has 2 heterocycles. The first kappa shape index (κ1) is 22.7. The van der Waals surface area contributed by atoms with Crippen molar-refractivity contribution in [3.8, 4) is 17.2 Å². The van der Waals surface area contributed by atoms with Crippen LogP contribution in [0.2, 0.25) is 5.02 Å². The highest BCUT2D eigenvalue weighted by Gasteiger charge is 2.32. The van der Waals surface area contributed by atoms with Gasteiger partial charge in [-0.25, -0.2) is 4.39 Å². The largest absolute Gasteiger partial charge is 0.486 e. The molecular weight excluding hydrogens is 475 g/mol. The van der Waals surface area contributed by atoms with Gasteiger partial charge in [0.15, 0.2) is 23.0 Å². The van der Waals surface area contributed by atoms with Gasteiger partial charge in [-0.2, -0.15) is 0 Å². The van der Waals surface area contributed by atoms with E-state index >= 15 is 0 Å². The number of para-hydroxylation sites is 4. The molecule has 7 nitrogen and oxygen atoms in total. The van der Waals surface area contributed by atoms with Crippen LogP contribution in [0, 0.1) is 5.82 Å². The second-order valence-electron chi connectivity index (χ2n) is 7.91. The van der Waals surface area contributed by atoms with Crippen molar-refractivity contribution in [3.05, 3.63) is 88.9 Å². The summed E-state index contributed by atoms with van der Waals surface area (Å²) in [5.41, 5.74) is 0.451. The standard InChI is InChI=1S/C26H20ClFN2O5/c27-18-6-5-7-19(28)17(18)12-24-26(32)30(20-8-1-2-9-21(20)35-24)14-25(31)29-13-16-15-33-22-10-3-4-11-23(22)34-16/h1-12,16H,13-15H2,(H,29,31). The van der Waals surface area contributed by atoms with E-state index in [2.05, 4.69) is 5.32 Å². The smallest absolute Gasteiger partial charge is 0.294 e. The zero-order valence-corrected chi connectivity index (χ0v) is 19.1. The molecule has 5 rings (SSSR count). The van der Waals surface area contributed by atoms with E-state index in [0.29, 0.717) is 22.9 Å². The van der Waals surface area contributed by atoms with Crippen molar-refractivity contribution in [1.82, 2.24) is 5.32 Å².